The highest BCUT2D eigenvalue weighted by molar-refractivity contribution is 14.0. The van der Waals surface area contributed by atoms with Crippen molar-refractivity contribution in [1.29, 1.82) is 0 Å². The van der Waals surface area contributed by atoms with E-state index in [1.165, 1.54) is 38.8 Å². The van der Waals surface area contributed by atoms with Gasteiger partial charge < -0.3 is 10.2 Å². The Morgan fingerprint density at radius 3 is 2.72 bits per heavy atom. The molecule has 158 valence electrons. The molecule has 3 atom stereocenters. The lowest BCUT2D eigenvalue weighted by Crippen LogP contribution is -2.55. The fourth-order valence-electron chi connectivity index (χ4n) is 5.60. The number of nitrogens with one attached hydrogen (secondary N) is 1. The van der Waals surface area contributed by atoms with E-state index in [0.717, 1.165) is 61.4 Å². The second-order valence-corrected chi connectivity index (χ2v) is 8.53. The number of aliphatic imine (C=N–C) groups is 1. The van der Waals surface area contributed by atoms with Crippen LogP contribution in [0, 0.1) is 11.8 Å². The van der Waals surface area contributed by atoms with Crippen LogP contribution in [0.25, 0.3) is 5.65 Å². The lowest BCUT2D eigenvalue weighted by atomic mass is 9.93. The van der Waals surface area contributed by atoms with Gasteiger partial charge in [0.25, 0.3) is 0 Å². The molecule has 29 heavy (non-hydrogen) atoms. The van der Waals surface area contributed by atoms with E-state index in [-0.39, 0.29) is 24.0 Å². The summed E-state index contributed by atoms with van der Waals surface area (Å²) in [5.74, 6) is 4.00. The van der Waals surface area contributed by atoms with Crippen molar-refractivity contribution in [3.05, 3.63) is 30.2 Å². The SMILES string of the molecule is CN=C(NCCc1nnc2ccccn12)N1CCN(C2CC3CCC2C3)CC1.I. The summed E-state index contributed by atoms with van der Waals surface area (Å²) in [4.78, 5) is 9.69. The third-order valence-corrected chi connectivity index (χ3v) is 7.01. The van der Waals surface area contributed by atoms with Crippen molar-refractivity contribution < 1.29 is 0 Å². The van der Waals surface area contributed by atoms with Crippen LogP contribution in [0.1, 0.15) is 31.5 Å². The maximum Gasteiger partial charge on any atom is 0.193 e. The van der Waals surface area contributed by atoms with E-state index in [0.29, 0.717) is 0 Å². The quantitative estimate of drug-likeness (QED) is 0.390. The van der Waals surface area contributed by atoms with Gasteiger partial charge in [-0.25, -0.2) is 0 Å². The van der Waals surface area contributed by atoms with Gasteiger partial charge >= 0.3 is 0 Å². The summed E-state index contributed by atoms with van der Waals surface area (Å²) in [6, 6.07) is 6.85. The van der Waals surface area contributed by atoms with Crippen molar-refractivity contribution in [3.63, 3.8) is 0 Å². The summed E-state index contributed by atoms with van der Waals surface area (Å²) >= 11 is 0. The standard InChI is InChI=1S/C21H31N7.HI/c1-22-21(23-8-7-20-25-24-19-4-2-3-9-28(19)20)27-12-10-26(11-13-27)18-15-16-5-6-17(18)14-16;/h2-4,9,16-18H,5-8,10-15H2,1H3,(H,22,23);1H. The second-order valence-electron chi connectivity index (χ2n) is 8.53. The summed E-state index contributed by atoms with van der Waals surface area (Å²) < 4.78 is 2.05. The molecule has 1 N–H and O–H groups in total. The Bertz CT molecular complexity index is 842. The molecule has 7 nitrogen and oxygen atoms in total. The highest BCUT2D eigenvalue weighted by atomic mass is 127. The number of rotatable bonds is 4. The molecule has 3 aliphatic rings. The minimum atomic E-state index is 0. The van der Waals surface area contributed by atoms with Crippen LogP contribution in [-0.2, 0) is 6.42 Å². The second kappa shape index (κ2) is 9.16. The van der Waals surface area contributed by atoms with E-state index < -0.39 is 0 Å². The molecule has 3 fully saturated rings. The van der Waals surface area contributed by atoms with Crippen molar-refractivity contribution >= 4 is 35.6 Å². The summed E-state index contributed by atoms with van der Waals surface area (Å²) in [7, 11) is 1.89. The molecule has 2 aromatic heterocycles. The summed E-state index contributed by atoms with van der Waals surface area (Å²) in [5.41, 5.74) is 0.901. The number of nitrogens with zero attached hydrogens (tertiary/aromatic N) is 6. The van der Waals surface area contributed by atoms with E-state index in [1.54, 1.807) is 0 Å². The summed E-state index contributed by atoms with van der Waals surface area (Å²) in [6.45, 7) is 5.30. The fourth-order valence-corrected chi connectivity index (χ4v) is 5.60. The Morgan fingerprint density at radius 1 is 1.14 bits per heavy atom. The average molecular weight is 509 g/mol. The van der Waals surface area contributed by atoms with Crippen molar-refractivity contribution in [2.24, 2.45) is 16.8 Å². The normalized spacial score (nSPS) is 27.4. The van der Waals surface area contributed by atoms with Crippen LogP contribution in [0.5, 0.6) is 0 Å². The van der Waals surface area contributed by atoms with Crippen LogP contribution in [0.2, 0.25) is 0 Å². The predicted octanol–water partition coefficient (Wildman–Crippen LogP) is 2.27. The first-order chi connectivity index (χ1) is 13.8. The summed E-state index contributed by atoms with van der Waals surface area (Å²) in [5, 5.41) is 12.1. The van der Waals surface area contributed by atoms with Gasteiger partial charge in [-0.05, 0) is 43.2 Å². The highest BCUT2D eigenvalue weighted by Gasteiger charge is 2.42. The van der Waals surface area contributed by atoms with Gasteiger partial charge in [-0.2, -0.15) is 0 Å². The van der Waals surface area contributed by atoms with E-state index in [2.05, 4.69) is 34.7 Å². The number of pyridine rings is 1. The molecule has 0 spiro atoms. The average Bonchev–Trinajstić information content (AvgIpc) is 3.47. The first kappa shape index (κ1) is 20.8. The highest BCUT2D eigenvalue weighted by Crippen LogP contribution is 2.46. The van der Waals surface area contributed by atoms with Crippen LogP contribution < -0.4 is 5.32 Å². The number of guanidine groups is 1. The summed E-state index contributed by atoms with van der Waals surface area (Å²) in [6.07, 6.45) is 8.74. The van der Waals surface area contributed by atoms with Gasteiger partial charge in [0.2, 0.25) is 0 Å². The molecule has 2 bridgehead atoms. The van der Waals surface area contributed by atoms with Gasteiger partial charge in [0.15, 0.2) is 11.6 Å². The van der Waals surface area contributed by atoms with Crippen molar-refractivity contribution in [1.82, 2.24) is 29.7 Å². The van der Waals surface area contributed by atoms with Crippen LogP contribution in [0.15, 0.2) is 29.4 Å². The van der Waals surface area contributed by atoms with Crippen molar-refractivity contribution in [2.45, 2.75) is 38.1 Å². The molecule has 2 aliphatic carbocycles. The molecule has 3 unspecified atom stereocenters. The van der Waals surface area contributed by atoms with Crippen molar-refractivity contribution in [3.8, 4) is 0 Å². The number of hydrogen-bond acceptors (Lipinski definition) is 4. The maximum atomic E-state index is 4.52. The van der Waals surface area contributed by atoms with Crippen LogP contribution in [-0.4, -0.2) is 76.2 Å². The number of aromatic nitrogens is 3. The van der Waals surface area contributed by atoms with Gasteiger partial charge in [0, 0.05) is 58.4 Å². The van der Waals surface area contributed by atoms with Gasteiger partial charge in [-0.1, -0.05) is 12.5 Å². The molecule has 1 saturated heterocycles. The smallest absolute Gasteiger partial charge is 0.193 e. The zero-order chi connectivity index (χ0) is 18.9. The number of halogens is 1. The molecule has 2 aromatic rings. The van der Waals surface area contributed by atoms with E-state index in [9.17, 15) is 0 Å². The maximum absolute atomic E-state index is 4.52. The minimum absolute atomic E-state index is 0. The number of piperazine rings is 1. The van der Waals surface area contributed by atoms with Gasteiger partial charge in [0.1, 0.15) is 5.82 Å². The molecule has 0 radical (unpaired) electrons. The van der Waals surface area contributed by atoms with Crippen LogP contribution >= 0.6 is 24.0 Å². The molecule has 0 amide bonds. The molecule has 8 heteroatoms. The lowest BCUT2D eigenvalue weighted by molar-refractivity contribution is 0.0959. The van der Waals surface area contributed by atoms with Crippen LogP contribution in [0.4, 0.5) is 0 Å². The molecule has 5 rings (SSSR count). The predicted molar refractivity (Wildman–Crippen MR) is 126 cm³/mol. The van der Waals surface area contributed by atoms with Gasteiger partial charge in [-0.15, -0.1) is 34.2 Å². The molecule has 2 saturated carbocycles. The Morgan fingerprint density at radius 2 is 2.00 bits per heavy atom. The van der Waals surface area contributed by atoms with E-state index in [4.69, 9.17) is 0 Å². The van der Waals surface area contributed by atoms with Crippen molar-refractivity contribution in [2.75, 3.05) is 39.8 Å². The van der Waals surface area contributed by atoms with E-state index in [1.807, 2.05) is 31.4 Å². The Kier molecular flexibility index (Phi) is 6.58. The zero-order valence-corrected chi connectivity index (χ0v) is 19.5. The minimum Gasteiger partial charge on any atom is -0.356 e. The zero-order valence-electron chi connectivity index (χ0n) is 17.2. The largest absolute Gasteiger partial charge is 0.356 e. The number of fused-ring (bicyclic) bond motifs is 3. The topological polar surface area (TPSA) is 61.1 Å². The van der Waals surface area contributed by atoms with E-state index >= 15 is 0 Å². The first-order valence-corrected chi connectivity index (χ1v) is 10.8. The molecular weight excluding hydrogens is 477 g/mol. The first-order valence-electron chi connectivity index (χ1n) is 10.8. The van der Waals surface area contributed by atoms with Crippen LogP contribution in [0.3, 0.4) is 0 Å². The molecular formula is C21H32IN7. The lowest BCUT2D eigenvalue weighted by Gasteiger charge is -2.41. The third-order valence-electron chi connectivity index (χ3n) is 7.01. The third kappa shape index (κ3) is 4.23. The fraction of sp³-hybridized carbons (Fsp3) is 0.667. The van der Waals surface area contributed by atoms with Gasteiger partial charge in [0.05, 0.1) is 0 Å². The number of hydrogen-bond donors (Lipinski definition) is 1. The Balaban J connectivity index is 0.00000205. The van der Waals surface area contributed by atoms with Gasteiger partial charge in [-0.3, -0.25) is 14.3 Å². The molecule has 1 aliphatic heterocycles. The Hall–Kier alpha value is -1.42. The Labute approximate surface area is 190 Å². The molecule has 0 aromatic carbocycles. The molecule has 3 heterocycles. The monoisotopic (exact) mass is 509 g/mol.